The lowest BCUT2D eigenvalue weighted by Crippen LogP contribution is -2.29. The Kier molecular flexibility index (Phi) is 3.92. The molecule has 1 N–H and O–H groups in total. The van der Waals surface area contributed by atoms with Crippen molar-refractivity contribution in [1.82, 2.24) is 5.16 Å². The van der Waals surface area contributed by atoms with Crippen molar-refractivity contribution in [2.45, 2.75) is 6.61 Å². The zero-order valence-corrected chi connectivity index (χ0v) is 11.9. The Morgan fingerprint density at radius 2 is 1.87 bits per heavy atom. The topological polar surface area (TPSA) is 99.5 Å². The molecule has 0 bridgehead atoms. The van der Waals surface area contributed by atoms with Gasteiger partial charge in [0.15, 0.2) is 6.61 Å². The first-order valence-corrected chi connectivity index (χ1v) is 6.75. The van der Waals surface area contributed by atoms with E-state index in [9.17, 15) is 10.0 Å². The van der Waals surface area contributed by atoms with Crippen LogP contribution in [0.2, 0.25) is 0 Å². The molecule has 0 aliphatic heterocycles. The highest BCUT2D eigenvalue weighted by Crippen LogP contribution is 2.21. The quantitative estimate of drug-likeness (QED) is 0.725. The molecule has 0 saturated heterocycles. The highest BCUT2D eigenvalue weighted by atomic mass is 16.8. The van der Waals surface area contributed by atoms with Gasteiger partial charge in [-0.15, -0.1) is 0 Å². The average Bonchev–Trinajstić information content (AvgIpc) is 2.95. The summed E-state index contributed by atoms with van der Waals surface area (Å²) in [6, 6.07) is 15.0. The van der Waals surface area contributed by atoms with E-state index >= 15 is 0 Å². The second kappa shape index (κ2) is 6.18. The van der Waals surface area contributed by atoms with Gasteiger partial charge in [-0.1, -0.05) is 30.3 Å². The molecular formula is C16H12N2O5. The van der Waals surface area contributed by atoms with Gasteiger partial charge in [-0.25, -0.2) is 4.79 Å². The van der Waals surface area contributed by atoms with E-state index in [1.807, 2.05) is 30.3 Å². The van der Waals surface area contributed by atoms with Crippen LogP contribution in [-0.4, -0.2) is 16.2 Å². The molecule has 0 aliphatic rings. The molecule has 3 rings (SSSR count). The molecule has 0 unspecified atom stereocenters. The minimum atomic E-state index is -1.01. The Hall–Kier alpha value is -3.35. The van der Waals surface area contributed by atoms with Gasteiger partial charge in [0.05, 0.1) is 5.56 Å². The highest BCUT2D eigenvalue weighted by molar-refractivity contribution is 5.87. The van der Waals surface area contributed by atoms with Crippen molar-refractivity contribution in [1.29, 1.82) is 0 Å². The number of carbonyl (C=O) groups is 1. The molecule has 0 radical (unpaired) electrons. The number of nitrogens with zero attached hydrogens (tertiary/aromatic N) is 2. The maximum atomic E-state index is 11.7. The fraction of sp³-hybridized carbons (Fsp3) is 0.0625. The standard InChI is InChI=1S/C16H12N2O5/c19-16(20)12-6-8-13(9-7-12)22-10-14-15(17-23-18(14)21)11-4-2-1-3-5-11/h1-9H,10H2,(H,19,20). The van der Waals surface area contributed by atoms with E-state index in [1.165, 1.54) is 24.3 Å². The lowest BCUT2D eigenvalue weighted by Gasteiger charge is -2.05. The normalized spacial score (nSPS) is 10.4. The summed E-state index contributed by atoms with van der Waals surface area (Å²) in [7, 11) is 0. The van der Waals surface area contributed by atoms with Gasteiger partial charge in [0, 0.05) is 10.7 Å². The van der Waals surface area contributed by atoms with E-state index in [4.69, 9.17) is 9.84 Å². The monoisotopic (exact) mass is 312 g/mol. The van der Waals surface area contributed by atoms with E-state index in [1.54, 1.807) is 0 Å². The fourth-order valence-electron chi connectivity index (χ4n) is 2.05. The number of carboxylic acids is 1. The van der Waals surface area contributed by atoms with Crippen molar-refractivity contribution in [2.24, 2.45) is 0 Å². The Balaban J connectivity index is 1.78. The maximum Gasteiger partial charge on any atom is 0.335 e. The Labute approximate surface area is 130 Å². The summed E-state index contributed by atoms with van der Waals surface area (Å²) in [5.41, 5.74) is 1.54. The number of benzene rings is 2. The molecule has 0 amide bonds. The molecule has 0 saturated carbocycles. The van der Waals surface area contributed by atoms with E-state index in [2.05, 4.69) is 9.79 Å². The summed E-state index contributed by atoms with van der Waals surface area (Å²) >= 11 is 0. The van der Waals surface area contributed by atoms with Gasteiger partial charge in [-0.05, 0) is 29.2 Å². The molecule has 0 atom stereocenters. The third kappa shape index (κ3) is 3.13. The van der Waals surface area contributed by atoms with Gasteiger partial charge in [0.1, 0.15) is 5.75 Å². The molecule has 0 fully saturated rings. The third-order valence-electron chi connectivity index (χ3n) is 3.22. The molecular weight excluding hydrogens is 300 g/mol. The van der Waals surface area contributed by atoms with Crippen LogP contribution < -0.4 is 9.64 Å². The Morgan fingerprint density at radius 3 is 2.52 bits per heavy atom. The first-order chi connectivity index (χ1) is 11.1. The smallest absolute Gasteiger partial charge is 0.335 e. The number of aromatic nitrogens is 2. The van der Waals surface area contributed by atoms with Gasteiger partial charge in [-0.3, -0.25) is 4.63 Å². The molecule has 7 nitrogen and oxygen atoms in total. The SMILES string of the molecule is O=C(O)c1ccc(OCc2c(-c3ccccc3)no[n+]2[O-])cc1. The summed E-state index contributed by atoms with van der Waals surface area (Å²) in [5, 5.41) is 24.3. The molecule has 0 spiro atoms. The molecule has 0 aliphatic carbocycles. The van der Waals surface area contributed by atoms with Gasteiger partial charge >= 0.3 is 5.97 Å². The number of hydrogen-bond acceptors (Lipinski definition) is 5. The van der Waals surface area contributed by atoms with Crippen LogP contribution in [0, 0.1) is 5.21 Å². The first kappa shape index (κ1) is 14.6. The average molecular weight is 312 g/mol. The molecule has 1 heterocycles. The van der Waals surface area contributed by atoms with Gasteiger partial charge in [0.2, 0.25) is 5.69 Å². The Morgan fingerprint density at radius 1 is 1.17 bits per heavy atom. The second-order valence-electron chi connectivity index (χ2n) is 4.71. The van der Waals surface area contributed by atoms with E-state index in [-0.39, 0.29) is 17.9 Å². The molecule has 23 heavy (non-hydrogen) atoms. The molecule has 7 heteroatoms. The second-order valence-corrected chi connectivity index (χ2v) is 4.71. The van der Waals surface area contributed by atoms with Crippen LogP contribution in [0.1, 0.15) is 16.1 Å². The molecule has 3 aromatic rings. The maximum absolute atomic E-state index is 11.7. The first-order valence-electron chi connectivity index (χ1n) is 6.75. The Bertz CT molecular complexity index is 812. The number of ether oxygens (including phenoxy) is 1. The van der Waals surface area contributed by atoms with Crippen molar-refractivity contribution in [2.75, 3.05) is 0 Å². The van der Waals surface area contributed by atoms with Gasteiger partial charge in [0.25, 0.3) is 5.69 Å². The van der Waals surface area contributed by atoms with Crippen LogP contribution >= 0.6 is 0 Å². The number of carboxylic acid groups (broad SMARTS) is 1. The van der Waals surface area contributed by atoms with Crippen LogP contribution in [0.4, 0.5) is 0 Å². The molecule has 2 aromatic carbocycles. The number of rotatable bonds is 5. The third-order valence-corrected chi connectivity index (χ3v) is 3.22. The van der Waals surface area contributed by atoms with Crippen molar-refractivity contribution >= 4 is 5.97 Å². The predicted molar refractivity (Wildman–Crippen MR) is 78.6 cm³/mol. The van der Waals surface area contributed by atoms with Crippen molar-refractivity contribution in [3.05, 3.63) is 71.1 Å². The summed E-state index contributed by atoms with van der Waals surface area (Å²) in [4.78, 5) is 11.1. The van der Waals surface area contributed by atoms with Crippen LogP contribution in [0.25, 0.3) is 11.3 Å². The van der Waals surface area contributed by atoms with Crippen LogP contribution in [-0.2, 0) is 6.61 Å². The summed E-state index contributed by atoms with van der Waals surface area (Å²) in [6.07, 6.45) is 0. The summed E-state index contributed by atoms with van der Waals surface area (Å²) < 4.78 is 10.2. The number of hydrogen-bond donors (Lipinski definition) is 1. The van der Waals surface area contributed by atoms with Gasteiger partial charge in [-0.2, -0.15) is 0 Å². The zero-order valence-electron chi connectivity index (χ0n) is 11.9. The zero-order chi connectivity index (χ0) is 16.2. The summed E-state index contributed by atoms with van der Waals surface area (Å²) in [6.45, 7) is -0.0519. The van der Waals surface area contributed by atoms with E-state index < -0.39 is 5.97 Å². The van der Waals surface area contributed by atoms with Crippen molar-refractivity contribution in [3.63, 3.8) is 0 Å². The largest absolute Gasteiger partial charge is 0.485 e. The van der Waals surface area contributed by atoms with Crippen molar-refractivity contribution < 1.29 is 24.2 Å². The van der Waals surface area contributed by atoms with E-state index in [0.29, 0.717) is 16.3 Å². The van der Waals surface area contributed by atoms with Crippen molar-refractivity contribution in [3.8, 4) is 17.0 Å². The predicted octanol–water partition coefficient (Wildman–Crippen LogP) is 2.25. The van der Waals surface area contributed by atoms with Crippen LogP contribution in [0.15, 0.2) is 59.2 Å². The van der Waals surface area contributed by atoms with Gasteiger partial charge < -0.3 is 15.1 Å². The lowest BCUT2D eigenvalue weighted by atomic mass is 10.1. The van der Waals surface area contributed by atoms with Crippen LogP contribution in [0.5, 0.6) is 5.75 Å². The molecule has 1 aromatic heterocycles. The summed E-state index contributed by atoms with van der Waals surface area (Å²) in [5.74, 6) is -0.574. The minimum Gasteiger partial charge on any atom is -0.485 e. The highest BCUT2D eigenvalue weighted by Gasteiger charge is 2.21. The minimum absolute atomic E-state index is 0.0519. The fourth-order valence-corrected chi connectivity index (χ4v) is 2.05. The lowest BCUT2D eigenvalue weighted by molar-refractivity contribution is -0.808. The number of aromatic carboxylic acids is 1. The van der Waals surface area contributed by atoms with Crippen LogP contribution in [0.3, 0.4) is 0 Å². The van der Waals surface area contributed by atoms with E-state index in [0.717, 1.165) is 5.56 Å². The molecule has 116 valence electrons.